The zero-order valence-corrected chi connectivity index (χ0v) is 18.1. The fourth-order valence-corrected chi connectivity index (χ4v) is 3.80. The number of nitrogens with one attached hydrogen (secondary N) is 2. The molecule has 0 atom stereocenters. The summed E-state index contributed by atoms with van der Waals surface area (Å²) in [6.45, 7) is 2.27. The Hall–Kier alpha value is -3.87. The van der Waals surface area contributed by atoms with Crippen molar-refractivity contribution in [1.82, 2.24) is 10.7 Å². The van der Waals surface area contributed by atoms with Gasteiger partial charge in [-0.2, -0.15) is 5.10 Å². The average Bonchev–Trinajstić information content (AvgIpc) is 3.18. The molecule has 164 valence electrons. The number of hydrogen-bond acceptors (Lipinski definition) is 5. The van der Waals surface area contributed by atoms with Crippen molar-refractivity contribution in [1.29, 1.82) is 0 Å². The molecule has 0 saturated heterocycles. The molecule has 2 aromatic carbocycles. The minimum Gasteiger partial charge on any atom is -0.497 e. The molecule has 1 aliphatic carbocycles. The number of hydrazone groups is 1. The van der Waals surface area contributed by atoms with Gasteiger partial charge in [-0.15, -0.1) is 0 Å². The quantitative estimate of drug-likeness (QED) is 0.577. The number of furan rings is 1. The van der Waals surface area contributed by atoms with E-state index in [1.54, 1.807) is 31.4 Å². The van der Waals surface area contributed by atoms with Crippen LogP contribution in [-0.4, -0.2) is 24.6 Å². The van der Waals surface area contributed by atoms with E-state index in [1.807, 2.05) is 37.3 Å². The lowest BCUT2D eigenvalue weighted by atomic mass is 9.93. The molecule has 0 fully saturated rings. The minimum atomic E-state index is -0.328. The Morgan fingerprint density at radius 1 is 1.06 bits per heavy atom. The summed E-state index contributed by atoms with van der Waals surface area (Å²) < 4.78 is 11.1. The van der Waals surface area contributed by atoms with Gasteiger partial charge in [-0.1, -0.05) is 36.4 Å². The number of aryl methyl sites for hydroxylation is 1. The highest BCUT2D eigenvalue weighted by Crippen LogP contribution is 2.30. The molecule has 2 N–H and O–H groups in total. The lowest BCUT2D eigenvalue weighted by molar-refractivity contribution is 0.0919. The summed E-state index contributed by atoms with van der Waals surface area (Å²) >= 11 is 0. The number of nitrogens with zero attached hydrogens (tertiary/aromatic N) is 1. The molecule has 0 unspecified atom stereocenters. The predicted molar refractivity (Wildman–Crippen MR) is 121 cm³/mol. The molecule has 2 amide bonds. The van der Waals surface area contributed by atoms with Crippen LogP contribution in [0.25, 0.3) is 0 Å². The molecular formula is C25H25N3O4. The molecule has 0 spiro atoms. The first kappa shape index (κ1) is 21.4. The smallest absolute Gasteiger partial charge is 0.287 e. The number of carbonyl (C=O) groups excluding carboxylic acids is 2. The Labute approximate surface area is 186 Å². The van der Waals surface area contributed by atoms with Crippen molar-refractivity contribution >= 4 is 17.5 Å². The summed E-state index contributed by atoms with van der Waals surface area (Å²) in [5.41, 5.74) is 6.35. The normalized spacial score (nSPS) is 14.0. The first-order valence-electron chi connectivity index (χ1n) is 10.5. The van der Waals surface area contributed by atoms with Crippen LogP contribution < -0.4 is 15.5 Å². The highest BCUT2D eigenvalue weighted by molar-refractivity contribution is 6.07. The lowest BCUT2D eigenvalue weighted by Gasteiger charge is -2.13. The highest BCUT2D eigenvalue weighted by atomic mass is 16.5. The van der Waals surface area contributed by atoms with Gasteiger partial charge in [0.15, 0.2) is 5.76 Å². The Balaban J connectivity index is 1.51. The van der Waals surface area contributed by atoms with Gasteiger partial charge in [0, 0.05) is 29.7 Å². The van der Waals surface area contributed by atoms with E-state index in [4.69, 9.17) is 9.15 Å². The van der Waals surface area contributed by atoms with Gasteiger partial charge in [-0.05, 0) is 43.5 Å². The van der Waals surface area contributed by atoms with E-state index in [0.29, 0.717) is 35.8 Å². The van der Waals surface area contributed by atoms with E-state index in [0.717, 1.165) is 35.3 Å². The van der Waals surface area contributed by atoms with Gasteiger partial charge in [0.2, 0.25) is 0 Å². The summed E-state index contributed by atoms with van der Waals surface area (Å²) in [4.78, 5) is 25.3. The number of methoxy groups -OCH3 is 1. The standard InChI is InChI=1S/C25H25N3O4/c1-16-22-20(27-28-24(29)18-10-6-11-19(14-18)31-2)12-7-13-21(22)32-23(16)25(30)26-15-17-8-4-3-5-9-17/h3-6,8-11,14H,7,12-13,15H2,1-2H3,(H,26,30)(H,28,29)/b27-20+. The third-order valence-electron chi connectivity index (χ3n) is 5.45. The number of hydrogen-bond donors (Lipinski definition) is 2. The van der Waals surface area contributed by atoms with Crippen LogP contribution in [0, 0.1) is 6.92 Å². The molecular weight excluding hydrogens is 406 g/mol. The summed E-state index contributed by atoms with van der Waals surface area (Å²) in [6, 6.07) is 16.6. The van der Waals surface area contributed by atoms with Crippen LogP contribution in [0.15, 0.2) is 64.1 Å². The van der Waals surface area contributed by atoms with Crippen LogP contribution in [0.3, 0.4) is 0 Å². The molecule has 7 heteroatoms. The maximum atomic E-state index is 12.7. The Morgan fingerprint density at radius 3 is 2.66 bits per heavy atom. The number of benzene rings is 2. The van der Waals surface area contributed by atoms with E-state index in [-0.39, 0.29) is 11.8 Å². The molecule has 0 bridgehead atoms. The van der Waals surface area contributed by atoms with Gasteiger partial charge in [-0.25, -0.2) is 5.43 Å². The molecule has 4 rings (SSSR count). The van der Waals surface area contributed by atoms with Crippen molar-refractivity contribution in [2.75, 3.05) is 7.11 Å². The van der Waals surface area contributed by atoms with Crippen molar-refractivity contribution in [2.45, 2.75) is 32.7 Å². The van der Waals surface area contributed by atoms with Gasteiger partial charge < -0.3 is 14.5 Å². The maximum absolute atomic E-state index is 12.7. The van der Waals surface area contributed by atoms with Gasteiger partial charge >= 0.3 is 0 Å². The molecule has 1 heterocycles. The Bertz CT molecular complexity index is 1170. The molecule has 0 saturated carbocycles. The van der Waals surface area contributed by atoms with E-state index in [9.17, 15) is 9.59 Å². The van der Waals surface area contributed by atoms with Crippen molar-refractivity contribution in [3.05, 3.63) is 88.4 Å². The fraction of sp³-hybridized carbons (Fsp3) is 0.240. The number of ether oxygens (including phenoxy) is 1. The Kier molecular flexibility index (Phi) is 6.35. The minimum absolute atomic E-state index is 0.263. The van der Waals surface area contributed by atoms with Crippen molar-refractivity contribution in [3.8, 4) is 5.75 Å². The monoisotopic (exact) mass is 431 g/mol. The summed E-state index contributed by atoms with van der Waals surface area (Å²) in [5.74, 6) is 1.03. The highest BCUT2D eigenvalue weighted by Gasteiger charge is 2.28. The molecule has 32 heavy (non-hydrogen) atoms. The second-order valence-corrected chi connectivity index (χ2v) is 7.61. The molecule has 0 aliphatic heterocycles. The van der Waals surface area contributed by atoms with Crippen molar-refractivity contribution in [3.63, 3.8) is 0 Å². The largest absolute Gasteiger partial charge is 0.497 e. The van der Waals surface area contributed by atoms with Crippen molar-refractivity contribution in [2.24, 2.45) is 5.10 Å². The van der Waals surface area contributed by atoms with E-state index in [2.05, 4.69) is 15.8 Å². The summed E-state index contributed by atoms with van der Waals surface area (Å²) in [7, 11) is 1.55. The number of fused-ring (bicyclic) bond motifs is 1. The van der Waals surface area contributed by atoms with Gasteiger partial charge in [0.05, 0.1) is 12.8 Å². The van der Waals surface area contributed by atoms with Crippen molar-refractivity contribution < 1.29 is 18.7 Å². The van der Waals surface area contributed by atoms with Gasteiger partial charge in [0.1, 0.15) is 11.5 Å². The number of carbonyl (C=O) groups is 2. The fourth-order valence-electron chi connectivity index (χ4n) is 3.80. The van der Waals surface area contributed by atoms with Crippen LogP contribution in [-0.2, 0) is 13.0 Å². The predicted octanol–water partition coefficient (Wildman–Crippen LogP) is 4.00. The van der Waals surface area contributed by atoms with E-state index >= 15 is 0 Å². The number of amides is 2. The molecule has 3 aromatic rings. The topological polar surface area (TPSA) is 92.9 Å². The molecule has 0 radical (unpaired) electrons. The Morgan fingerprint density at radius 2 is 1.88 bits per heavy atom. The van der Waals surface area contributed by atoms with E-state index < -0.39 is 0 Å². The van der Waals surface area contributed by atoms with Crippen LogP contribution in [0.1, 0.15) is 56.2 Å². The third-order valence-corrected chi connectivity index (χ3v) is 5.45. The third kappa shape index (κ3) is 4.56. The summed E-state index contributed by atoms with van der Waals surface area (Å²) in [6.07, 6.45) is 2.25. The second kappa shape index (κ2) is 9.51. The SMILES string of the molecule is COc1cccc(C(=O)N/N=C2\CCCc3oc(C(=O)NCc4ccccc4)c(C)c32)c1. The van der Waals surface area contributed by atoms with Crippen LogP contribution in [0.2, 0.25) is 0 Å². The zero-order valence-electron chi connectivity index (χ0n) is 18.1. The van der Waals surface area contributed by atoms with Gasteiger partial charge in [-0.3, -0.25) is 9.59 Å². The summed E-state index contributed by atoms with van der Waals surface area (Å²) in [5, 5.41) is 7.28. The molecule has 7 nitrogen and oxygen atoms in total. The molecule has 1 aromatic heterocycles. The lowest BCUT2D eigenvalue weighted by Crippen LogP contribution is -2.23. The van der Waals surface area contributed by atoms with Crippen LogP contribution in [0.5, 0.6) is 5.75 Å². The second-order valence-electron chi connectivity index (χ2n) is 7.61. The van der Waals surface area contributed by atoms with Crippen LogP contribution >= 0.6 is 0 Å². The van der Waals surface area contributed by atoms with Crippen LogP contribution in [0.4, 0.5) is 0 Å². The first-order valence-corrected chi connectivity index (χ1v) is 10.5. The average molecular weight is 431 g/mol. The van der Waals surface area contributed by atoms with Gasteiger partial charge in [0.25, 0.3) is 11.8 Å². The first-order chi connectivity index (χ1) is 15.6. The maximum Gasteiger partial charge on any atom is 0.287 e. The van der Waals surface area contributed by atoms with E-state index in [1.165, 1.54) is 0 Å². The zero-order chi connectivity index (χ0) is 22.5. The molecule has 1 aliphatic rings. The number of rotatable bonds is 6.